The second-order valence-corrected chi connectivity index (χ2v) is 8.09. The fourth-order valence-corrected chi connectivity index (χ4v) is 4.09. The third-order valence-electron chi connectivity index (χ3n) is 5.67. The molecule has 0 radical (unpaired) electrons. The molecule has 1 saturated heterocycles. The van der Waals surface area contributed by atoms with Crippen LogP contribution in [0.25, 0.3) is 0 Å². The van der Waals surface area contributed by atoms with Gasteiger partial charge in [-0.1, -0.05) is 0 Å². The Morgan fingerprint density at radius 3 is 2.63 bits per heavy atom. The smallest absolute Gasteiger partial charge is 0.254 e. The Hall–Kier alpha value is -2.06. The second kappa shape index (κ2) is 12.0. The first-order valence-electron chi connectivity index (χ1n) is 10.7. The molecular weight excluding hydrogens is 383 g/mol. The molecule has 1 aromatic carbocycles. The van der Waals surface area contributed by atoms with Crippen LogP contribution in [0, 0.1) is 0 Å². The number of carbonyl (C=O) groups is 2. The van der Waals surface area contributed by atoms with E-state index in [2.05, 4.69) is 4.81 Å². The molecule has 0 spiro atoms. The summed E-state index contributed by atoms with van der Waals surface area (Å²) in [4.78, 5) is 28.5. The molecule has 0 N–H and O–H groups in total. The molecule has 1 aliphatic rings. The predicted octanol–water partition coefficient (Wildman–Crippen LogP) is 1.93. The van der Waals surface area contributed by atoms with E-state index < -0.39 is 0 Å². The zero-order chi connectivity index (χ0) is 22.1. The van der Waals surface area contributed by atoms with Crippen LogP contribution < -0.4 is 9.47 Å². The normalized spacial score (nSPS) is 19.5. The summed E-state index contributed by atoms with van der Waals surface area (Å²) >= 11 is 0. The molecule has 0 aliphatic carbocycles. The van der Waals surface area contributed by atoms with E-state index in [0.29, 0.717) is 36.7 Å². The first kappa shape index (κ1) is 24.2. The second-order valence-electron chi connectivity index (χ2n) is 8.09. The minimum Gasteiger partial charge on any atom is -0.493 e. The lowest BCUT2D eigenvalue weighted by atomic mass is 9.91. The first-order valence-corrected chi connectivity index (χ1v) is 10.7. The van der Waals surface area contributed by atoms with Crippen molar-refractivity contribution in [3.63, 3.8) is 0 Å². The number of rotatable bonds is 11. The lowest BCUT2D eigenvalue weighted by Crippen LogP contribution is -2.54. The van der Waals surface area contributed by atoms with Crippen LogP contribution in [0.4, 0.5) is 0 Å². The van der Waals surface area contributed by atoms with E-state index in [4.69, 9.17) is 14.2 Å². The SMILES string of the molecule is BN1CC(N(C(=O)c2ccc(OC)c(OCCCOC)c2)C(C)C)CCC1CC=O. The lowest BCUT2D eigenvalue weighted by molar-refractivity contribution is -0.108. The summed E-state index contributed by atoms with van der Waals surface area (Å²) in [5.74, 6) is 1.16. The molecule has 1 fully saturated rings. The van der Waals surface area contributed by atoms with Crippen LogP contribution in [-0.2, 0) is 9.53 Å². The van der Waals surface area contributed by atoms with Crippen molar-refractivity contribution < 1.29 is 23.8 Å². The van der Waals surface area contributed by atoms with E-state index in [0.717, 1.165) is 32.1 Å². The quantitative estimate of drug-likeness (QED) is 0.311. The highest BCUT2D eigenvalue weighted by molar-refractivity contribution is 6.04. The summed E-state index contributed by atoms with van der Waals surface area (Å²) in [5, 5.41) is 0. The molecule has 0 aromatic heterocycles. The molecule has 1 heterocycles. The van der Waals surface area contributed by atoms with Gasteiger partial charge in [-0.05, 0) is 44.9 Å². The number of methoxy groups -OCH3 is 2. The van der Waals surface area contributed by atoms with Crippen LogP contribution in [0.3, 0.4) is 0 Å². The maximum Gasteiger partial charge on any atom is 0.254 e. The summed E-state index contributed by atoms with van der Waals surface area (Å²) in [6.07, 6.45) is 4.09. The Morgan fingerprint density at radius 2 is 2.03 bits per heavy atom. The standard InChI is InChI=1S/C22H35BN2O5/c1-16(2)25(19-8-7-18(10-11-26)24(23)15-19)22(27)17-6-9-20(29-4)21(14-17)30-13-5-12-28-3/h6,9,11,14,16,18-19H,5,7-8,10,12-13,15,23H2,1-4H3. The number of nitrogens with zero attached hydrogens (tertiary/aromatic N) is 2. The fourth-order valence-electron chi connectivity index (χ4n) is 4.09. The number of carbonyl (C=O) groups excluding carboxylic acids is 2. The maximum atomic E-state index is 13.5. The molecule has 0 saturated carbocycles. The van der Waals surface area contributed by atoms with Gasteiger partial charge in [-0.25, -0.2) is 0 Å². The lowest BCUT2D eigenvalue weighted by Gasteiger charge is -2.44. The van der Waals surface area contributed by atoms with Crippen molar-refractivity contribution in [1.82, 2.24) is 9.71 Å². The van der Waals surface area contributed by atoms with Gasteiger partial charge in [0.15, 0.2) is 19.5 Å². The largest absolute Gasteiger partial charge is 0.493 e. The average Bonchev–Trinajstić information content (AvgIpc) is 2.73. The van der Waals surface area contributed by atoms with Gasteiger partial charge in [0.1, 0.15) is 6.29 Å². The molecule has 2 atom stereocenters. The van der Waals surface area contributed by atoms with Crippen molar-refractivity contribution in [3.8, 4) is 11.5 Å². The molecule has 1 aromatic rings. The molecule has 166 valence electrons. The fraction of sp³-hybridized carbons (Fsp3) is 0.636. The first-order chi connectivity index (χ1) is 14.4. The van der Waals surface area contributed by atoms with Crippen LogP contribution in [0.1, 0.15) is 49.9 Å². The van der Waals surface area contributed by atoms with Crippen LogP contribution in [0.2, 0.25) is 0 Å². The molecule has 1 amide bonds. The van der Waals surface area contributed by atoms with Crippen LogP contribution in [0.15, 0.2) is 18.2 Å². The summed E-state index contributed by atoms with van der Waals surface area (Å²) in [5.41, 5.74) is 0.587. The predicted molar refractivity (Wildman–Crippen MR) is 119 cm³/mol. The average molecular weight is 418 g/mol. The molecule has 8 heteroatoms. The molecule has 2 unspecified atom stereocenters. The number of benzene rings is 1. The van der Waals surface area contributed by atoms with Crippen molar-refractivity contribution >= 4 is 20.2 Å². The van der Waals surface area contributed by atoms with Gasteiger partial charge in [-0.2, -0.15) is 0 Å². The van der Waals surface area contributed by atoms with E-state index in [9.17, 15) is 9.59 Å². The van der Waals surface area contributed by atoms with Crippen molar-refractivity contribution in [2.75, 3.05) is 34.0 Å². The summed E-state index contributed by atoms with van der Waals surface area (Å²) in [6, 6.07) is 5.77. The van der Waals surface area contributed by atoms with Crippen molar-refractivity contribution in [2.24, 2.45) is 0 Å². The van der Waals surface area contributed by atoms with E-state index in [1.165, 1.54) is 0 Å². The van der Waals surface area contributed by atoms with Crippen LogP contribution in [-0.4, -0.2) is 82.0 Å². The monoisotopic (exact) mass is 418 g/mol. The number of hydrogen-bond donors (Lipinski definition) is 0. The van der Waals surface area contributed by atoms with E-state index in [1.54, 1.807) is 32.4 Å². The van der Waals surface area contributed by atoms with Crippen LogP contribution in [0.5, 0.6) is 11.5 Å². The highest BCUT2D eigenvalue weighted by Gasteiger charge is 2.33. The zero-order valence-electron chi connectivity index (χ0n) is 18.9. The van der Waals surface area contributed by atoms with Gasteiger partial charge in [0.25, 0.3) is 5.91 Å². The van der Waals surface area contributed by atoms with Gasteiger partial charge >= 0.3 is 0 Å². The van der Waals surface area contributed by atoms with Gasteiger partial charge in [-0.15, -0.1) is 0 Å². The third kappa shape index (κ3) is 6.22. The highest BCUT2D eigenvalue weighted by Crippen LogP contribution is 2.30. The van der Waals surface area contributed by atoms with Gasteiger partial charge in [0, 0.05) is 56.8 Å². The van der Waals surface area contributed by atoms with Crippen molar-refractivity contribution in [1.29, 1.82) is 0 Å². The summed E-state index contributed by atoms with van der Waals surface area (Å²) in [7, 11) is 5.28. The minimum atomic E-state index is -0.0124. The topological polar surface area (TPSA) is 68.3 Å². The van der Waals surface area contributed by atoms with Crippen molar-refractivity contribution in [2.45, 2.75) is 57.7 Å². The number of ether oxygens (including phenoxy) is 3. The van der Waals surface area contributed by atoms with E-state index >= 15 is 0 Å². The molecule has 1 aliphatic heterocycles. The molecule has 2 rings (SSSR count). The Morgan fingerprint density at radius 1 is 1.27 bits per heavy atom. The Kier molecular flexibility index (Phi) is 9.65. The molecule has 0 bridgehead atoms. The van der Waals surface area contributed by atoms with Gasteiger partial charge in [-0.3, -0.25) is 4.79 Å². The zero-order valence-corrected chi connectivity index (χ0v) is 18.9. The molecule has 30 heavy (non-hydrogen) atoms. The summed E-state index contributed by atoms with van der Waals surface area (Å²) in [6.45, 7) is 5.95. The number of piperidine rings is 1. The van der Waals surface area contributed by atoms with Gasteiger partial charge < -0.3 is 28.7 Å². The minimum absolute atomic E-state index is 0.0124. The summed E-state index contributed by atoms with van der Waals surface area (Å²) < 4.78 is 16.3. The third-order valence-corrected chi connectivity index (χ3v) is 5.67. The van der Waals surface area contributed by atoms with Crippen LogP contribution >= 0.6 is 0 Å². The number of hydrogen-bond acceptors (Lipinski definition) is 6. The van der Waals surface area contributed by atoms with E-state index in [1.807, 2.05) is 26.7 Å². The number of aldehydes is 1. The van der Waals surface area contributed by atoms with Crippen molar-refractivity contribution in [3.05, 3.63) is 23.8 Å². The highest BCUT2D eigenvalue weighted by atomic mass is 16.5. The number of amides is 1. The Bertz CT molecular complexity index is 700. The maximum absolute atomic E-state index is 13.5. The molecular formula is C22H35BN2O5. The van der Waals surface area contributed by atoms with E-state index in [-0.39, 0.29) is 24.0 Å². The Labute approximate surface area is 181 Å². The van der Waals surface area contributed by atoms with Gasteiger partial charge in [0.05, 0.1) is 13.7 Å². The molecule has 7 nitrogen and oxygen atoms in total. The van der Waals surface area contributed by atoms with Gasteiger partial charge in [0.2, 0.25) is 0 Å². The Balaban J connectivity index is 2.17.